The molecule has 0 saturated heterocycles. The molecule has 1 aromatic rings. The van der Waals surface area contributed by atoms with Gasteiger partial charge < -0.3 is 10.2 Å². The molecular formula is C15H22ClN3. The fourth-order valence-corrected chi connectivity index (χ4v) is 3.16. The third kappa shape index (κ3) is 3.21. The van der Waals surface area contributed by atoms with Crippen LogP contribution in [-0.2, 0) is 6.54 Å². The van der Waals surface area contributed by atoms with E-state index in [9.17, 15) is 0 Å². The van der Waals surface area contributed by atoms with Crippen LogP contribution in [0.3, 0.4) is 0 Å². The molecule has 1 N–H and O–H groups in total. The van der Waals surface area contributed by atoms with Gasteiger partial charge in [-0.3, -0.25) is 0 Å². The molecule has 2 saturated carbocycles. The van der Waals surface area contributed by atoms with Crippen LogP contribution >= 0.6 is 11.6 Å². The largest absolute Gasteiger partial charge is 0.355 e. The fraction of sp³-hybridized carbons (Fsp3) is 0.667. The molecule has 0 amide bonds. The topological polar surface area (TPSA) is 28.2 Å². The number of nitrogens with one attached hydrogen (secondary N) is 1. The predicted octanol–water partition coefficient (Wildman–Crippen LogP) is 3.37. The van der Waals surface area contributed by atoms with Crippen molar-refractivity contribution in [1.29, 1.82) is 0 Å². The van der Waals surface area contributed by atoms with Crippen LogP contribution in [-0.4, -0.2) is 24.1 Å². The number of hydrogen-bond donors (Lipinski definition) is 1. The number of rotatable bonds is 5. The van der Waals surface area contributed by atoms with Crippen molar-refractivity contribution in [3.8, 4) is 0 Å². The Morgan fingerprint density at radius 2 is 2.05 bits per heavy atom. The van der Waals surface area contributed by atoms with Crippen LogP contribution in [0, 0.1) is 0 Å². The smallest absolute Gasteiger partial charge is 0.147 e. The average molecular weight is 280 g/mol. The molecule has 0 aliphatic heterocycles. The van der Waals surface area contributed by atoms with E-state index >= 15 is 0 Å². The highest BCUT2D eigenvalue weighted by atomic mass is 35.5. The Morgan fingerprint density at radius 1 is 1.32 bits per heavy atom. The quantitative estimate of drug-likeness (QED) is 0.896. The van der Waals surface area contributed by atoms with Crippen LogP contribution in [0.1, 0.15) is 44.1 Å². The van der Waals surface area contributed by atoms with E-state index in [0.717, 1.165) is 23.4 Å². The number of anilines is 1. The number of halogens is 1. The van der Waals surface area contributed by atoms with Gasteiger partial charge in [-0.05, 0) is 37.3 Å². The molecule has 0 radical (unpaired) electrons. The number of hydrogen-bond acceptors (Lipinski definition) is 3. The molecule has 3 rings (SSSR count). The molecule has 1 aromatic heterocycles. The van der Waals surface area contributed by atoms with E-state index in [1.54, 1.807) is 0 Å². The van der Waals surface area contributed by atoms with Gasteiger partial charge in [0.15, 0.2) is 0 Å². The summed E-state index contributed by atoms with van der Waals surface area (Å²) in [5.74, 6) is 0.934. The van der Waals surface area contributed by atoms with Crippen LogP contribution in [0.25, 0.3) is 0 Å². The first-order valence-electron chi connectivity index (χ1n) is 7.34. The summed E-state index contributed by atoms with van der Waals surface area (Å²) >= 11 is 6.40. The summed E-state index contributed by atoms with van der Waals surface area (Å²) < 4.78 is 0. The third-order valence-electron chi connectivity index (χ3n) is 4.26. The van der Waals surface area contributed by atoms with Crippen LogP contribution < -0.4 is 10.2 Å². The van der Waals surface area contributed by atoms with Crippen molar-refractivity contribution in [3.63, 3.8) is 0 Å². The lowest BCUT2D eigenvalue weighted by Gasteiger charge is -2.26. The molecule has 0 aromatic carbocycles. The normalized spacial score (nSPS) is 19.9. The second kappa shape index (κ2) is 5.68. The monoisotopic (exact) mass is 279 g/mol. The summed E-state index contributed by atoms with van der Waals surface area (Å²) in [6, 6.07) is 3.39. The van der Waals surface area contributed by atoms with Crippen molar-refractivity contribution < 1.29 is 0 Å². The minimum Gasteiger partial charge on any atom is -0.355 e. The summed E-state index contributed by atoms with van der Waals surface area (Å²) in [7, 11) is 2.12. The molecule has 0 bridgehead atoms. The minimum atomic E-state index is 0.612. The lowest BCUT2D eigenvalue weighted by Crippen LogP contribution is -2.29. The first-order chi connectivity index (χ1) is 9.24. The summed E-state index contributed by atoms with van der Waals surface area (Å²) in [5.41, 5.74) is 1.18. The molecule has 2 aliphatic carbocycles. The van der Waals surface area contributed by atoms with Gasteiger partial charge in [-0.15, -0.1) is 0 Å². The third-order valence-corrected chi connectivity index (χ3v) is 4.54. The number of aromatic nitrogens is 1. The maximum absolute atomic E-state index is 6.40. The van der Waals surface area contributed by atoms with Gasteiger partial charge in [-0.1, -0.05) is 24.4 Å². The second-order valence-corrected chi connectivity index (χ2v) is 6.26. The maximum atomic E-state index is 6.40. The average Bonchev–Trinajstić information content (AvgIpc) is 3.07. The number of pyridine rings is 1. The zero-order valence-electron chi connectivity index (χ0n) is 11.5. The van der Waals surface area contributed by atoms with Crippen LogP contribution in [0.5, 0.6) is 0 Å². The second-order valence-electron chi connectivity index (χ2n) is 5.85. The zero-order chi connectivity index (χ0) is 13.2. The molecule has 1 heterocycles. The van der Waals surface area contributed by atoms with Crippen molar-refractivity contribution in [2.24, 2.45) is 0 Å². The van der Waals surface area contributed by atoms with E-state index < -0.39 is 0 Å². The lowest BCUT2D eigenvalue weighted by atomic mass is 10.2. The van der Waals surface area contributed by atoms with E-state index in [4.69, 9.17) is 11.6 Å². The molecule has 0 unspecified atom stereocenters. The highest BCUT2D eigenvalue weighted by molar-refractivity contribution is 6.33. The van der Waals surface area contributed by atoms with Gasteiger partial charge in [0.1, 0.15) is 5.82 Å². The molecule has 0 atom stereocenters. The zero-order valence-corrected chi connectivity index (χ0v) is 12.3. The summed E-state index contributed by atoms with van der Waals surface area (Å²) in [4.78, 5) is 6.83. The Labute approximate surface area is 120 Å². The van der Waals surface area contributed by atoms with Gasteiger partial charge >= 0.3 is 0 Å². The van der Waals surface area contributed by atoms with Crippen LogP contribution in [0.15, 0.2) is 12.3 Å². The first-order valence-corrected chi connectivity index (χ1v) is 7.72. The van der Waals surface area contributed by atoms with Crippen molar-refractivity contribution in [3.05, 3.63) is 22.8 Å². The minimum absolute atomic E-state index is 0.612. The first kappa shape index (κ1) is 13.2. The van der Waals surface area contributed by atoms with Gasteiger partial charge in [0.25, 0.3) is 0 Å². The predicted molar refractivity (Wildman–Crippen MR) is 79.8 cm³/mol. The fourth-order valence-electron chi connectivity index (χ4n) is 2.84. The van der Waals surface area contributed by atoms with Gasteiger partial charge in [0, 0.05) is 31.9 Å². The highest BCUT2D eigenvalue weighted by Gasteiger charge is 2.23. The molecule has 104 valence electrons. The molecule has 2 fully saturated rings. The lowest BCUT2D eigenvalue weighted by molar-refractivity contribution is 0.645. The van der Waals surface area contributed by atoms with Gasteiger partial charge in [-0.25, -0.2) is 4.98 Å². The molecule has 19 heavy (non-hydrogen) atoms. The van der Waals surface area contributed by atoms with Crippen LogP contribution in [0.4, 0.5) is 5.82 Å². The summed E-state index contributed by atoms with van der Waals surface area (Å²) in [5, 5.41) is 4.27. The van der Waals surface area contributed by atoms with E-state index in [1.165, 1.54) is 44.1 Å². The van der Waals surface area contributed by atoms with Crippen molar-refractivity contribution >= 4 is 17.4 Å². The number of nitrogens with zero attached hydrogens (tertiary/aromatic N) is 2. The maximum Gasteiger partial charge on any atom is 0.147 e. The molecule has 0 spiro atoms. The van der Waals surface area contributed by atoms with E-state index in [1.807, 2.05) is 6.20 Å². The van der Waals surface area contributed by atoms with Crippen molar-refractivity contribution in [1.82, 2.24) is 10.3 Å². The van der Waals surface area contributed by atoms with Crippen LogP contribution in [0.2, 0.25) is 5.02 Å². The Kier molecular flexibility index (Phi) is 3.94. The molecule has 4 heteroatoms. The summed E-state index contributed by atoms with van der Waals surface area (Å²) in [6.07, 6.45) is 9.76. The van der Waals surface area contributed by atoms with Gasteiger partial charge in [-0.2, -0.15) is 0 Å². The highest BCUT2D eigenvalue weighted by Crippen LogP contribution is 2.30. The van der Waals surface area contributed by atoms with E-state index in [2.05, 4.69) is 28.3 Å². The Bertz CT molecular complexity index is 439. The molecule has 2 aliphatic rings. The van der Waals surface area contributed by atoms with Crippen molar-refractivity contribution in [2.75, 3.05) is 11.9 Å². The standard InChI is InChI=1S/C15H22ClN3/c1-19(13-4-2-3-5-13)15-14(16)8-11(10-18-15)9-17-12-6-7-12/h8,10,12-13,17H,2-7,9H2,1H3. The Balaban J connectivity index is 1.67. The van der Waals surface area contributed by atoms with Gasteiger partial charge in [0.05, 0.1) is 5.02 Å². The summed E-state index contributed by atoms with van der Waals surface area (Å²) in [6.45, 7) is 0.880. The molecule has 3 nitrogen and oxygen atoms in total. The Hall–Kier alpha value is -0.800. The van der Waals surface area contributed by atoms with Gasteiger partial charge in [0.2, 0.25) is 0 Å². The van der Waals surface area contributed by atoms with Crippen molar-refractivity contribution in [2.45, 2.75) is 57.2 Å². The molecular weight excluding hydrogens is 258 g/mol. The van der Waals surface area contributed by atoms with E-state index in [-0.39, 0.29) is 0 Å². The van der Waals surface area contributed by atoms with E-state index in [0.29, 0.717) is 6.04 Å². The Morgan fingerprint density at radius 3 is 2.68 bits per heavy atom. The SMILES string of the molecule is CN(c1ncc(CNC2CC2)cc1Cl)C1CCCC1.